The van der Waals surface area contributed by atoms with E-state index in [1.165, 1.54) is 35.2 Å². The first kappa shape index (κ1) is 30.5. The molecule has 3 aromatic carbocycles. The Hall–Kier alpha value is -3.07. The van der Waals surface area contributed by atoms with Crippen LogP contribution in [0.2, 0.25) is 10.0 Å². The molecule has 3 rings (SSSR count). The lowest BCUT2D eigenvalue weighted by Gasteiger charge is -2.33. The van der Waals surface area contributed by atoms with Gasteiger partial charge in [-0.05, 0) is 55.2 Å². The summed E-state index contributed by atoms with van der Waals surface area (Å²) in [7, 11) is -4.19. The van der Waals surface area contributed by atoms with Gasteiger partial charge in [-0.2, -0.15) is 0 Å². The molecule has 7 nitrogen and oxygen atoms in total. The SMILES string of the molecule is CCCNC(=O)C(CC)N(CCc1ccccc1)C(=O)CN(c1ccc(Cl)cc1Cl)S(=O)(=O)c1ccccc1. The summed E-state index contributed by atoms with van der Waals surface area (Å²) in [6, 6.07) is 21.1. The van der Waals surface area contributed by atoms with Crippen molar-refractivity contribution >= 4 is 50.7 Å². The van der Waals surface area contributed by atoms with Crippen LogP contribution in [-0.4, -0.2) is 50.8 Å². The van der Waals surface area contributed by atoms with Gasteiger partial charge in [0, 0.05) is 18.1 Å². The maximum atomic E-state index is 14.0. The van der Waals surface area contributed by atoms with Crippen LogP contribution in [0, 0.1) is 0 Å². The lowest BCUT2D eigenvalue weighted by molar-refractivity contribution is -0.139. The summed E-state index contributed by atoms with van der Waals surface area (Å²) in [4.78, 5) is 28.5. The molecule has 0 aliphatic rings. The van der Waals surface area contributed by atoms with E-state index in [1.807, 2.05) is 44.2 Å². The van der Waals surface area contributed by atoms with E-state index in [4.69, 9.17) is 23.2 Å². The fraction of sp³-hybridized carbons (Fsp3) is 0.310. The van der Waals surface area contributed by atoms with Crippen LogP contribution in [0.25, 0.3) is 0 Å². The number of benzene rings is 3. The van der Waals surface area contributed by atoms with Crippen LogP contribution in [-0.2, 0) is 26.0 Å². The van der Waals surface area contributed by atoms with Crippen LogP contribution >= 0.6 is 23.2 Å². The van der Waals surface area contributed by atoms with Gasteiger partial charge in [-0.3, -0.25) is 13.9 Å². The molecule has 1 N–H and O–H groups in total. The average molecular weight is 591 g/mol. The smallest absolute Gasteiger partial charge is 0.264 e. The van der Waals surface area contributed by atoms with Gasteiger partial charge in [0.05, 0.1) is 15.6 Å². The van der Waals surface area contributed by atoms with Crippen molar-refractivity contribution in [3.05, 3.63) is 94.5 Å². The number of carbonyl (C=O) groups is 2. The van der Waals surface area contributed by atoms with E-state index in [0.29, 0.717) is 24.4 Å². The van der Waals surface area contributed by atoms with Crippen LogP contribution in [0.1, 0.15) is 32.3 Å². The average Bonchev–Trinajstić information content (AvgIpc) is 2.94. The molecule has 0 heterocycles. The number of amides is 2. The molecule has 1 unspecified atom stereocenters. The van der Waals surface area contributed by atoms with E-state index in [-0.39, 0.29) is 28.1 Å². The Bertz CT molecular complexity index is 1360. The predicted octanol–water partition coefficient (Wildman–Crippen LogP) is 5.56. The summed E-state index contributed by atoms with van der Waals surface area (Å²) >= 11 is 12.5. The molecule has 0 aromatic heterocycles. The van der Waals surface area contributed by atoms with Gasteiger partial charge in [0.1, 0.15) is 12.6 Å². The zero-order valence-electron chi connectivity index (χ0n) is 22.0. The van der Waals surface area contributed by atoms with E-state index in [0.717, 1.165) is 16.3 Å². The number of hydrogen-bond acceptors (Lipinski definition) is 4. The molecule has 10 heteroatoms. The zero-order valence-corrected chi connectivity index (χ0v) is 24.3. The molecule has 0 radical (unpaired) electrons. The normalized spacial score (nSPS) is 12.0. The molecular formula is C29H33Cl2N3O4S. The van der Waals surface area contributed by atoms with Crippen LogP contribution in [0.3, 0.4) is 0 Å². The third-order valence-corrected chi connectivity index (χ3v) is 8.52. The van der Waals surface area contributed by atoms with Gasteiger partial charge in [0.25, 0.3) is 10.0 Å². The van der Waals surface area contributed by atoms with Gasteiger partial charge in [-0.1, -0.05) is 85.6 Å². The number of nitrogens with zero attached hydrogens (tertiary/aromatic N) is 2. The first-order valence-corrected chi connectivity index (χ1v) is 15.0. The van der Waals surface area contributed by atoms with E-state index < -0.39 is 28.5 Å². The third kappa shape index (κ3) is 7.97. The van der Waals surface area contributed by atoms with Gasteiger partial charge >= 0.3 is 0 Å². The minimum atomic E-state index is -4.19. The molecule has 39 heavy (non-hydrogen) atoms. The fourth-order valence-corrected chi connectivity index (χ4v) is 6.19. The molecule has 0 aliphatic carbocycles. The van der Waals surface area contributed by atoms with Crippen LogP contribution in [0.4, 0.5) is 5.69 Å². The molecule has 1 atom stereocenters. The maximum Gasteiger partial charge on any atom is 0.264 e. The molecule has 0 spiro atoms. The molecule has 0 saturated heterocycles. The molecule has 0 saturated carbocycles. The first-order chi connectivity index (χ1) is 18.7. The van der Waals surface area contributed by atoms with Crippen molar-refractivity contribution in [3.8, 4) is 0 Å². The summed E-state index contributed by atoms with van der Waals surface area (Å²) < 4.78 is 28.6. The summed E-state index contributed by atoms with van der Waals surface area (Å²) in [5.41, 5.74) is 1.11. The highest BCUT2D eigenvalue weighted by molar-refractivity contribution is 7.92. The van der Waals surface area contributed by atoms with Crippen molar-refractivity contribution in [2.45, 2.75) is 44.0 Å². The summed E-state index contributed by atoms with van der Waals surface area (Å²) in [5, 5.41) is 3.28. The Morgan fingerprint density at radius 1 is 0.923 bits per heavy atom. The topological polar surface area (TPSA) is 86.8 Å². The highest BCUT2D eigenvalue weighted by atomic mass is 35.5. The Morgan fingerprint density at radius 3 is 2.15 bits per heavy atom. The number of sulfonamides is 1. The lowest BCUT2D eigenvalue weighted by atomic mass is 10.1. The molecular weight excluding hydrogens is 557 g/mol. The van der Waals surface area contributed by atoms with Crippen molar-refractivity contribution in [1.29, 1.82) is 0 Å². The van der Waals surface area contributed by atoms with Gasteiger partial charge < -0.3 is 10.2 Å². The predicted molar refractivity (Wildman–Crippen MR) is 157 cm³/mol. The second kappa shape index (κ2) is 14.4. The summed E-state index contributed by atoms with van der Waals surface area (Å²) in [6.07, 6.45) is 1.61. The fourth-order valence-electron chi connectivity index (χ4n) is 4.18. The molecule has 2 amide bonds. The number of carbonyl (C=O) groups excluding carboxylic acids is 2. The highest BCUT2D eigenvalue weighted by Gasteiger charge is 2.34. The molecule has 0 fully saturated rings. The Balaban J connectivity index is 2.02. The van der Waals surface area contributed by atoms with Crippen molar-refractivity contribution in [1.82, 2.24) is 10.2 Å². The number of anilines is 1. The van der Waals surface area contributed by atoms with Gasteiger partial charge in [-0.15, -0.1) is 0 Å². The Kier molecular flexibility index (Phi) is 11.2. The second-order valence-corrected chi connectivity index (χ2v) is 11.7. The van der Waals surface area contributed by atoms with E-state index in [2.05, 4.69) is 5.32 Å². The quantitative estimate of drug-likeness (QED) is 0.282. The standard InChI is InChI=1S/C29H33Cl2N3O4S/c1-3-18-32-29(36)26(4-2)33(19-17-22-11-7-5-8-12-22)28(35)21-34(27-16-15-23(30)20-25(27)31)39(37,38)24-13-9-6-10-14-24/h5-16,20,26H,3-4,17-19,21H2,1-2H3,(H,32,36). The Morgan fingerprint density at radius 2 is 1.56 bits per heavy atom. The highest BCUT2D eigenvalue weighted by Crippen LogP contribution is 2.33. The minimum Gasteiger partial charge on any atom is -0.354 e. The largest absolute Gasteiger partial charge is 0.354 e. The van der Waals surface area contributed by atoms with E-state index in [1.54, 1.807) is 18.2 Å². The zero-order chi connectivity index (χ0) is 28.4. The van der Waals surface area contributed by atoms with Crippen LogP contribution in [0.15, 0.2) is 83.8 Å². The first-order valence-electron chi connectivity index (χ1n) is 12.8. The maximum absolute atomic E-state index is 14.0. The van der Waals surface area contributed by atoms with E-state index in [9.17, 15) is 18.0 Å². The molecule has 3 aromatic rings. The molecule has 0 aliphatic heterocycles. The second-order valence-electron chi connectivity index (χ2n) is 8.96. The summed E-state index contributed by atoms with van der Waals surface area (Å²) in [6.45, 7) is 3.93. The third-order valence-electron chi connectivity index (χ3n) is 6.21. The van der Waals surface area contributed by atoms with E-state index >= 15 is 0 Å². The van der Waals surface area contributed by atoms with Crippen LogP contribution in [0.5, 0.6) is 0 Å². The number of hydrogen-bond donors (Lipinski definition) is 1. The number of rotatable bonds is 13. The van der Waals surface area contributed by atoms with Gasteiger partial charge in [0.15, 0.2) is 0 Å². The number of halogens is 2. The van der Waals surface area contributed by atoms with Crippen molar-refractivity contribution in [2.75, 3.05) is 23.9 Å². The Labute approximate surface area is 240 Å². The summed E-state index contributed by atoms with van der Waals surface area (Å²) in [5.74, 6) is -0.794. The molecule has 208 valence electrons. The van der Waals surface area contributed by atoms with Crippen molar-refractivity contribution in [2.24, 2.45) is 0 Å². The number of nitrogens with one attached hydrogen (secondary N) is 1. The lowest BCUT2D eigenvalue weighted by Crippen LogP contribution is -2.53. The van der Waals surface area contributed by atoms with Crippen molar-refractivity contribution < 1.29 is 18.0 Å². The van der Waals surface area contributed by atoms with Gasteiger partial charge in [0.2, 0.25) is 11.8 Å². The molecule has 0 bridgehead atoms. The van der Waals surface area contributed by atoms with Crippen molar-refractivity contribution in [3.63, 3.8) is 0 Å². The van der Waals surface area contributed by atoms with Crippen LogP contribution < -0.4 is 9.62 Å². The monoisotopic (exact) mass is 589 g/mol. The van der Waals surface area contributed by atoms with Gasteiger partial charge in [-0.25, -0.2) is 8.42 Å². The minimum absolute atomic E-state index is 0.00684.